The molecule has 1 saturated heterocycles. The molecule has 1 fully saturated rings. The standard InChI is InChI=1S/C17H15FN4O2/c18-12-3-1-2-11-8-13(21-16(11)12)17(23)22-6-7-24-15(10-22)14-9-19-4-5-20-14/h1-5,8-9,15,21H,6-7,10H2/t15-/m1/s1. The summed E-state index contributed by atoms with van der Waals surface area (Å²) in [5.74, 6) is -0.547. The van der Waals surface area contributed by atoms with Crippen molar-refractivity contribution in [1.29, 1.82) is 0 Å². The van der Waals surface area contributed by atoms with Crippen LogP contribution in [0.5, 0.6) is 0 Å². The zero-order chi connectivity index (χ0) is 16.5. The van der Waals surface area contributed by atoms with Crippen molar-refractivity contribution in [3.05, 3.63) is 60.1 Å². The van der Waals surface area contributed by atoms with Crippen LogP contribution in [-0.2, 0) is 4.74 Å². The van der Waals surface area contributed by atoms with Crippen molar-refractivity contribution in [1.82, 2.24) is 19.9 Å². The minimum absolute atomic E-state index is 0.178. The monoisotopic (exact) mass is 326 g/mol. The van der Waals surface area contributed by atoms with Gasteiger partial charge in [-0.3, -0.25) is 14.8 Å². The summed E-state index contributed by atoms with van der Waals surface area (Å²) >= 11 is 0. The Labute approximate surface area is 137 Å². The highest BCUT2D eigenvalue weighted by atomic mass is 19.1. The predicted octanol–water partition coefficient (Wildman–Crippen LogP) is 2.31. The number of nitrogens with zero attached hydrogens (tertiary/aromatic N) is 3. The topological polar surface area (TPSA) is 71.1 Å². The smallest absolute Gasteiger partial charge is 0.270 e. The van der Waals surface area contributed by atoms with Crippen LogP contribution >= 0.6 is 0 Å². The van der Waals surface area contributed by atoms with E-state index in [1.165, 1.54) is 6.07 Å². The first-order valence-corrected chi connectivity index (χ1v) is 7.66. The van der Waals surface area contributed by atoms with E-state index < -0.39 is 0 Å². The molecule has 0 spiro atoms. The largest absolute Gasteiger partial charge is 0.368 e. The van der Waals surface area contributed by atoms with Crippen LogP contribution in [0.1, 0.15) is 22.3 Å². The lowest BCUT2D eigenvalue weighted by molar-refractivity contribution is -0.0250. The van der Waals surface area contributed by atoms with Crippen LogP contribution in [0.2, 0.25) is 0 Å². The third kappa shape index (κ3) is 2.63. The maximum atomic E-state index is 13.8. The fourth-order valence-electron chi connectivity index (χ4n) is 2.89. The Hall–Kier alpha value is -2.80. The number of morpholine rings is 1. The highest BCUT2D eigenvalue weighted by Crippen LogP contribution is 2.23. The maximum absolute atomic E-state index is 13.8. The molecule has 122 valence electrons. The van der Waals surface area contributed by atoms with Crippen LogP contribution in [0.25, 0.3) is 10.9 Å². The highest BCUT2D eigenvalue weighted by molar-refractivity contribution is 5.98. The molecule has 0 unspecified atom stereocenters. The molecule has 2 aromatic heterocycles. The number of carbonyl (C=O) groups excluding carboxylic acids is 1. The van der Waals surface area contributed by atoms with E-state index >= 15 is 0 Å². The van der Waals surface area contributed by atoms with Crippen molar-refractivity contribution >= 4 is 16.8 Å². The number of aromatic amines is 1. The fourth-order valence-corrected chi connectivity index (χ4v) is 2.89. The van der Waals surface area contributed by atoms with E-state index in [-0.39, 0.29) is 17.8 Å². The van der Waals surface area contributed by atoms with E-state index in [2.05, 4.69) is 15.0 Å². The van der Waals surface area contributed by atoms with Crippen molar-refractivity contribution in [2.24, 2.45) is 0 Å². The molecule has 1 amide bonds. The van der Waals surface area contributed by atoms with E-state index in [4.69, 9.17) is 4.74 Å². The van der Waals surface area contributed by atoms with Gasteiger partial charge < -0.3 is 14.6 Å². The first kappa shape index (κ1) is 14.8. The predicted molar refractivity (Wildman–Crippen MR) is 84.9 cm³/mol. The molecule has 1 atom stereocenters. The van der Waals surface area contributed by atoms with Crippen LogP contribution in [0.15, 0.2) is 42.9 Å². The zero-order valence-electron chi connectivity index (χ0n) is 12.8. The zero-order valence-corrected chi connectivity index (χ0v) is 12.8. The van der Waals surface area contributed by atoms with Gasteiger partial charge in [0.15, 0.2) is 0 Å². The number of ether oxygens (including phenoxy) is 1. The second-order valence-corrected chi connectivity index (χ2v) is 5.63. The number of benzene rings is 1. The molecular formula is C17H15FN4O2. The van der Waals surface area contributed by atoms with Crippen molar-refractivity contribution in [2.75, 3.05) is 19.7 Å². The fraction of sp³-hybridized carbons (Fsp3) is 0.235. The van der Waals surface area contributed by atoms with Crippen LogP contribution in [0, 0.1) is 5.82 Å². The highest BCUT2D eigenvalue weighted by Gasteiger charge is 2.28. The minimum Gasteiger partial charge on any atom is -0.368 e. The van der Waals surface area contributed by atoms with Crippen molar-refractivity contribution < 1.29 is 13.9 Å². The van der Waals surface area contributed by atoms with Gasteiger partial charge in [0.25, 0.3) is 5.91 Å². The van der Waals surface area contributed by atoms with Gasteiger partial charge in [-0.2, -0.15) is 0 Å². The lowest BCUT2D eigenvalue weighted by atomic mass is 10.2. The van der Waals surface area contributed by atoms with E-state index in [0.717, 1.165) is 0 Å². The molecule has 4 rings (SSSR count). The molecule has 1 aromatic carbocycles. The number of halogens is 1. The molecular weight excluding hydrogens is 311 g/mol. The molecule has 6 nitrogen and oxygen atoms in total. The SMILES string of the molecule is O=C(c1cc2cccc(F)c2[nH]1)N1CCO[C@@H](c2cnccn2)C1. The van der Waals surface area contributed by atoms with Crippen molar-refractivity contribution in [3.63, 3.8) is 0 Å². The van der Waals surface area contributed by atoms with Gasteiger partial charge in [0.2, 0.25) is 0 Å². The number of hydrogen-bond donors (Lipinski definition) is 1. The molecule has 3 aromatic rings. The summed E-state index contributed by atoms with van der Waals surface area (Å²) < 4.78 is 19.5. The van der Waals surface area contributed by atoms with Crippen LogP contribution < -0.4 is 0 Å². The third-order valence-corrected chi connectivity index (χ3v) is 4.10. The number of carbonyl (C=O) groups is 1. The summed E-state index contributed by atoms with van der Waals surface area (Å²) in [7, 11) is 0. The Bertz CT molecular complexity index is 881. The number of nitrogens with one attached hydrogen (secondary N) is 1. The second kappa shape index (κ2) is 6.01. The number of hydrogen-bond acceptors (Lipinski definition) is 4. The second-order valence-electron chi connectivity index (χ2n) is 5.63. The molecule has 3 heterocycles. The molecule has 1 aliphatic heterocycles. The van der Waals surface area contributed by atoms with Gasteiger partial charge in [-0.1, -0.05) is 12.1 Å². The van der Waals surface area contributed by atoms with Gasteiger partial charge in [0, 0.05) is 24.3 Å². The Morgan fingerprint density at radius 1 is 1.38 bits per heavy atom. The molecule has 1 aliphatic rings. The van der Waals surface area contributed by atoms with Gasteiger partial charge in [-0.15, -0.1) is 0 Å². The van der Waals surface area contributed by atoms with Crippen LogP contribution in [0.3, 0.4) is 0 Å². The summed E-state index contributed by atoms with van der Waals surface area (Å²) in [4.78, 5) is 25.6. The number of rotatable bonds is 2. The Morgan fingerprint density at radius 2 is 2.29 bits per heavy atom. The molecule has 7 heteroatoms. The van der Waals surface area contributed by atoms with Gasteiger partial charge in [0.1, 0.15) is 17.6 Å². The van der Waals surface area contributed by atoms with Crippen LogP contribution in [-0.4, -0.2) is 45.5 Å². The van der Waals surface area contributed by atoms with Crippen molar-refractivity contribution in [3.8, 4) is 0 Å². The molecule has 0 aliphatic carbocycles. The quantitative estimate of drug-likeness (QED) is 0.784. The molecule has 0 saturated carbocycles. The van der Waals surface area contributed by atoms with Gasteiger partial charge in [-0.25, -0.2) is 4.39 Å². The van der Waals surface area contributed by atoms with E-state index in [1.54, 1.807) is 41.7 Å². The number of amides is 1. The van der Waals surface area contributed by atoms with Crippen LogP contribution in [0.4, 0.5) is 4.39 Å². The number of aromatic nitrogens is 3. The summed E-state index contributed by atoms with van der Waals surface area (Å²) in [5.41, 5.74) is 1.41. The molecule has 0 radical (unpaired) electrons. The Balaban J connectivity index is 1.58. The van der Waals surface area contributed by atoms with Gasteiger partial charge in [0.05, 0.1) is 30.6 Å². The van der Waals surface area contributed by atoms with Gasteiger partial charge in [-0.05, 0) is 12.1 Å². The summed E-state index contributed by atoms with van der Waals surface area (Å²) in [6, 6.07) is 6.44. The van der Waals surface area contributed by atoms with Gasteiger partial charge >= 0.3 is 0 Å². The lowest BCUT2D eigenvalue weighted by Crippen LogP contribution is -2.42. The third-order valence-electron chi connectivity index (χ3n) is 4.10. The van der Waals surface area contributed by atoms with Crippen molar-refractivity contribution in [2.45, 2.75) is 6.10 Å². The Morgan fingerprint density at radius 3 is 3.08 bits per heavy atom. The molecule has 24 heavy (non-hydrogen) atoms. The first-order chi connectivity index (χ1) is 11.7. The number of H-pyrrole nitrogens is 1. The summed E-state index contributed by atoms with van der Waals surface area (Å²) in [6.45, 7) is 1.28. The average Bonchev–Trinajstić information content (AvgIpc) is 3.08. The number of fused-ring (bicyclic) bond motifs is 1. The van der Waals surface area contributed by atoms with E-state index in [9.17, 15) is 9.18 Å². The van der Waals surface area contributed by atoms with E-state index in [0.29, 0.717) is 42.0 Å². The lowest BCUT2D eigenvalue weighted by Gasteiger charge is -2.32. The summed E-state index contributed by atoms with van der Waals surface area (Å²) in [6.07, 6.45) is 4.52. The normalized spacial score (nSPS) is 18.0. The maximum Gasteiger partial charge on any atom is 0.270 e. The first-order valence-electron chi connectivity index (χ1n) is 7.66. The van der Waals surface area contributed by atoms with E-state index in [1.807, 2.05) is 0 Å². The Kier molecular flexibility index (Phi) is 3.70. The number of para-hydroxylation sites is 1. The molecule has 1 N–H and O–H groups in total. The minimum atomic E-state index is -0.369. The average molecular weight is 326 g/mol. The summed E-state index contributed by atoms with van der Waals surface area (Å²) in [5, 5.41) is 0.678. The molecule has 0 bridgehead atoms.